The topological polar surface area (TPSA) is 94.0 Å². The first kappa shape index (κ1) is 24.1. The third-order valence-corrected chi connectivity index (χ3v) is 5.50. The minimum atomic E-state index is -1.04. The Labute approximate surface area is 197 Å². The number of aromatic nitrogens is 4. The van der Waals surface area contributed by atoms with Crippen LogP contribution in [0.25, 0.3) is 11.0 Å². The average molecular weight is 477 g/mol. The lowest BCUT2D eigenvalue weighted by Crippen LogP contribution is -2.47. The molecule has 3 aromatic rings. The number of carbonyl (C=O) groups excluding carboxylic acids is 1. The fraction of sp³-hybridized carbons (Fsp3) is 0.455. The van der Waals surface area contributed by atoms with Crippen LogP contribution in [0.15, 0.2) is 35.6 Å². The van der Waals surface area contributed by atoms with Crippen LogP contribution in [0.2, 0.25) is 5.02 Å². The van der Waals surface area contributed by atoms with Gasteiger partial charge in [0.15, 0.2) is 16.4 Å². The number of nitrogens with one attached hydrogen (secondary N) is 2. The molecule has 2 heterocycles. The van der Waals surface area contributed by atoms with Crippen LogP contribution in [-0.2, 0) is 11.3 Å². The maximum Gasteiger partial charge on any atom is 0.263 e. The molecule has 0 bridgehead atoms. The van der Waals surface area contributed by atoms with Crippen LogP contribution < -0.4 is 15.4 Å². The second-order valence-electron chi connectivity index (χ2n) is 8.01. The van der Waals surface area contributed by atoms with E-state index >= 15 is 0 Å². The highest BCUT2D eigenvalue weighted by Crippen LogP contribution is 2.25. The summed E-state index contributed by atoms with van der Waals surface area (Å²) in [6.07, 6.45) is 1.76. The Morgan fingerprint density at radius 1 is 1.25 bits per heavy atom. The Hall–Kier alpha value is -2.52. The quantitative estimate of drug-likeness (QED) is 0.331. The molecule has 0 aliphatic heterocycles. The molecule has 0 unspecified atom stereocenters. The van der Waals surface area contributed by atoms with Crippen molar-refractivity contribution in [1.29, 1.82) is 0 Å². The highest BCUT2D eigenvalue weighted by atomic mass is 35.5. The molecule has 2 aromatic heterocycles. The first-order chi connectivity index (χ1) is 15.2. The zero-order valence-electron chi connectivity index (χ0n) is 19.0. The van der Waals surface area contributed by atoms with E-state index in [0.29, 0.717) is 29.0 Å². The van der Waals surface area contributed by atoms with Crippen LogP contribution >= 0.6 is 23.4 Å². The molecule has 0 radical (unpaired) electrons. The molecule has 172 valence electrons. The molecular formula is C22H29ClN6O2S. The number of amides is 1. The fourth-order valence-electron chi connectivity index (χ4n) is 3.01. The number of benzene rings is 1. The Morgan fingerprint density at radius 2 is 1.97 bits per heavy atom. The summed E-state index contributed by atoms with van der Waals surface area (Å²) < 4.78 is 7.63. The van der Waals surface area contributed by atoms with Crippen LogP contribution in [0.5, 0.6) is 5.75 Å². The second kappa shape index (κ2) is 10.4. The number of ether oxygens (including phenoxy) is 1. The van der Waals surface area contributed by atoms with E-state index in [-0.39, 0.29) is 11.9 Å². The van der Waals surface area contributed by atoms with E-state index in [1.807, 2.05) is 0 Å². The van der Waals surface area contributed by atoms with Crippen LogP contribution in [0.3, 0.4) is 0 Å². The molecule has 1 amide bonds. The molecule has 1 aromatic carbocycles. The molecular weight excluding hydrogens is 448 g/mol. The van der Waals surface area contributed by atoms with Gasteiger partial charge in [0.2, 0.25) is 0 Å². The van der Waals surface area contributed by atoms with Crippen molar-refractivity contribution in [3.05, 3.63) is 35.5 Å². The molecule has 0 saturated carbocycles. The van der Waals surface area contributed by atoms with E-state index in [1.165, 1.54) is 0 Å². The van der Waals surface area contributed by atoms with Crippen LogP contribution in [0, 0.1) is 0 Å². The van der Waals surface area contributed by atoms with Crippen molar-refractivity contribution in [3.63, 3.8) is 0 Å². The normalized spacial score (nSPS) is 11.7. The maximum absolute atomic E-state index is 12.7. The van der Waals surface area contributed by atoms with Crippen molar-refractivity contribution in [2.45, 2.75) is 58.0 Å². The van der Waals surface area contributed by atoms with Crippen molar-refractivity contribution in [1.82, 2.24) is 25.1 Å². The zero-order valence-corrected chi connectivity index (χ0v) is 20.5. The minimum Gasteiger partial charge on any atom is -0.478 e. The van der Waals surface area contributed by atoms with E-state index in [4.69, 9.17) is 16.3 Å². The van der Waals surface area contributed by atoms with Crippen molar-refractivity contribution in [2.75, 3.05) is 17.6 Å². The number of hydrogen-bond donors (Lipinski definition) is 2. The van der Waals surface area contributed by atoms with Gasteiger partial charge in [-0.05, 0) is 57.7 Å². The standard InChI is InChI=1S/C22H29ClN6O2S/c1-6-32-21-27-18(26-14(2)3)17-13-25-29(19(17)28-21)12-11-24-20(30)22(4,5)31-16-9-7-15(23)8-10-16/h7-10,13-14H,6,11-12H2,1-5H3,(H,24,30)(H,26,27,28). The van der Waals surface area contributed by atoms with E-state index in [2.05, 4.69) is 46.5 Å². The minimum absolute atomic E-state index is 0.220. The Morgan fingerprint density at radius 3 is 2.62 bits per heavy atom. The number of carbonyl (C=O) groups is 1. The molecule has 0 aliphatic rings. The number of rotatable bonds is 10. The van der Waals surface area contributed by atoms with Gasteiger partial charge in [-0.1, -0.05) is 30.3 Å². The molecule has 32 heavy (non-hydrogen) atoms. The van der Waals surface area contributed by atoms with Gasteiger partial charge in [0.05, 0.1) is 18.1 Å². The lowest BCUT2D eigenvalue weighted by molar-refractivity contribution is -0.134. The molecule has 2 N–H and O–H groups in total. The monoisotopic (exact) mass is 476 g/mol. The van der Waals surface area contributed by atoms with E-state index in [1.54, 1.807) is 60.8 Å². The summed E-state index contributed by atoms with van der Waals surface area (Å²) in [6, 6.07) is 7.16. The first-order valence-corrected chi connectivity index (χ1v) is 11.9. The smallest absolute Gasteiger partial charge is 0.263 e. The summed E-state index contributed by atoms with van der Waals surface area (Å²) in [5.41, 5.74) is -0.299. The predicted octanol–water partition coefficient (Wildman–Crippen LogP) is 4.39. The molecule has 0 saturated heterocycles. The van der Waals surface area contributed by atoms with Gasteiger partial charge < -0.3 is 15.4 Å². The number of hydrogen-bond acceptors (Lipinski definition) is 7. The fourth-order valence-corrected chi connectivity index (χ4v) is 3.70. The average Bonchev–Trinajstić information content (AvgIpc) is 3.12. The van der Waals surface area contributed by atoms with Gasteiger partial charge in [-0.15, -0.1) is 0 Å². The summed E-state index contributed by atoms with van der Waals surface area (Å²) in [5, 5.41) is 12.9. The van der Waals surface area contributed by atoms with Crippen molar-refractivity contribution in [3.8, 4) is 5.75 Å². The molecule has 0 aliphatic carbocycles. The number of fused-ring (bicyclic) bond motifs is 1. The van der Waals surface area contributed by atoms with Gasteiger partial charge in [-0.25, -0.2) is 14.6 Å². The van der Waals surface area contributed by atoms with Crippen molar-refractivity contribution < 1.29 is 9.53 Å². The number of halogens is 1. The molecule has 0 fully saturated rings. The van der Waals surface area contributed by atoms with Gasteiger partial charge in [0, 0.05) is 17.6 Å². The SMILES string of the molecule is CCSc1nc(NC(C)C)c2cnn(CCNC(=O)C(C)(C)Oc3ccc(Cl)cc3)c2n1. The summed E-state index contributed by atoms with van der Waals surface area (Å²) in [7, 11) is 0. The molecule has 0 atom stereocenters. The zero-order chi connectivity index (χ0) is 23.3. The van der Waals surface area contributed by atoms with Gasteiger partial charge in [0.25, 0.3) is 5.91 Å². The van der Waals surface area contributed by atoms with E-state index in [9.17, 15) is 4.79 Å². The van der Waals surface area contributed by atoms with Gasteiger partial charge in [-0.2, -0.15) is 5.10 Å². The highest BCUT2D eigenvalue weighted by Gasteiger charge is 2.29. The van der Waals surface area contributed by atoms with Crippen molar-refractivity contribution in [2.24, 2.45) is 0 Å². The maximum atomic E-state index is 12.7. The lowest BCUT2D eigenvalue weighted by atomic mass is 10.1. The Kier molecular flexibility index (Phi) is 7.84. The largest absolute Gasteiger partial charge is 0.478 e. The van der Waals surface area contributed by atoms with Crippen LogP contribution in [-0.4, -0.2) is 49.6 Å². The molecule has 8 nitrogen and oxygen atoms in total. The summed E-state index contributed by atoms with van der Waals surface area (Å²) >= 11 is 7.49. The third kappa shape index (κ3) is 6.04. The van der Waals surface area contributed by atoms with Crippen LogP contribution in [0.4, 0.5) is 5.82 Å². The van der Waals surface area contributed by atoms with Gasteiger partial charge in [0.1, 0.15) is 11.6 Å². The summed E-state index contributed by atoms with van der Waals surface area (Å²) in [4.78, 5) is 22.0. The number of anilines is 1. The van der Waals surface area contributed by atoms with Crippen LogP contribution in [0.1, 0.15) is 34.6 Å². The van der Waals surface area contributed by atoms with Gasteiger partial charge >= 0.3 is 0 Å². The number of thioether (sulfide) groups is 1. The number of nitrogens with zero attached hydrogens (tertiary/aromatic N) is 4. The Balaban J connectivity index is 1.68. The van der Waals surface area contributed by atoms with Gasteiger partial charge in [-0.3, -0.25) is 4.79 Å². The predicted molar refractivity (Wildman–Crippen MR) is 130 cm³/mol. The van der Waals surface area contributed by atoms with E-state index < -0.39 is 5.60 Å². The van der Waals surface area contributed by atoms with Crippen molar-refractivity contribution >= 4 is 46.1 Å². The lowest BCUT2D eigenvalue weighted by Gasteiger charge is -2.25. The molecule has 10 heteroatoms. The second-order valence-corrected chi connectivity index (χ2v) is 9.68. The third-order valence-electron chi connectivity index (χ3n) is 4.52. The van der Waals surface area contributed by atoms with E-state index in [0.717, 1.165) is 22.6 Å². The highest BCUT2D eigenvalue weighted by molar-refractivity contribution is 7.99. The summed E-state index contributed by atoms with van der Waals surface area (Å²) in [5.74, 6) is 2.01. The molecule has 0 spiro atoms. The Bertz CT molecular complexity index is 1070. The summed E-state index contributed by atoms with van der Waals surface area (Å²) in [6.45, 7) is 10.5. The molecule has 3 rings (SSSR count). The first-order valence-electron chi connectivity index (χ1n) is 10.6.